The Morgan fingerprint density at radius 1 is 1.40 bits per heavy atom. The molecule has 0 fully saturated rings. The van der Waals surface area contributed by atoms with E-state index < -0.39 is 23.2 Å². The first-order chi connectivity index (χ1) is 6.86. The summed E-state index contributed by atoms with van der Waals surface area (Å²) in [5.41, 5.74) is -1.84. The molecule has 0 aliphatic rings. The Bertz CT molecular complexity index is 390. The zero-order valence-electron chi connectivity index (χ0n) is 7.92. The maximum Gasteiger partial charge on any atom is 0.418 e. The van der Waals surface area contributed by atoms with Crippen LogP contribution in [0.15, 0.2) is 6.07 Å². The molecule has 15 heavy (non-hydrogen) atoms. The smallest absolute Gasteiger partial charge is 0.418 e. The molecule has 0 unspecified atom stereocenters. The van der Waals surface area contributed by atoms with Crippen molar-refractivity contribution in [3.63, 3.8) is 0 Å². The molecule has 0 amide bonds. The Labute approximate surface area is 83.1 Å². The van der Waals surface area contributed by atoms with Gasteiger partial charge < -0.3 is 4.74 Å². The van der Waals surface area contributed by atoms with E-state index >= 15 is 0 Å². The second-order valence-corrected chi connectivity index (χ2v) is 2.70. The Kier molecular flexibility index (Phi) is 2.92. The molecule has 1 heterocycles. The SMILES string of the molecule is COc1cc(C(F)(F)F)c(C(C)=O)nn1. The Balaban J connectivity index is 3.36. The molecular formula is C8H7F3N2O2. The monoisotopic (exact) mass is 220 g/mol. The third-order valence-corrected chi connectivity index (χ3v) is 1.62. The van der Waals surface area contributed by atoms with Crippen molar-refractivity contribution in [1.82, 2.24) is 10.2 Å². The molecule has 0 bridgehead atoms. The molecule has 82 valence electrons. The molecule has 0 saturated heterocycles. The number of carbonyl (C=O) groups is 1. The second-order valence-electron chi connectivity index (χ2n) is 2.70. The summed E-state index contributed by atoms with van der Waals surface area (Å²) in [4.78, 5) is 10.9. The summed E-state index contributed by atoms with van der Waals surface area (Å²) < 4.78 is 41.8. The summed E-state index contributed by atoms with van der Waals surface area (Å²) in [6, 6.07) is 0.643. The van der Waals surface area contributed by atoms with Crippen LogP contribution in [0.25, 0.3) is 0 Å². The van der Waals surface area contributed by atoms with Crippen LogP contribution in [0.1, 0.15) is 23.0 Å². The van der Waals surface area contributed by atoms with Gasteiger partial charge in [-0.2, -0.15) is 13.2 Å². The molecule has 0 radical (unpaired) electrons. The summed E-state index contributed by atoms with van der Waals surface area (Å²) in [5, 5.41) is 6.47. The molecule has 0 aliphatic carbocycles. The van der Waals surface area contributed by atoms with Gasteiger partial charge in [-0.05, 0) is 0 Å². The highest BCUT2D eigenvalue weighted by Gasteiger charge is 2.36. The minimum Gasteiger partial charge on any atom is -0.480 e. The number of hydrogen-bond acceptors (Lipinski definition) is 4. The van der Waals surface area contributed by atoms with Crippen LogP contribution in [-0.4, -0.2) is 23.1 Å². The van der Waals surface area contributed by atoms with Gasteiger partial charge in [-0.3, -0.25) is 4.79 Å². The molecular weight excluding hydrogens is 213 g/mol. The topological polar surface area (TPSA) is 52.1 Å². The van der Waals surface area contributed by atoms with Crippen LogP contribution >= 0.6 is 0 Å². The van der Waals surface area contributed by atoms with Gasteiger partial charge in [-0.15, -0.1) is 10.2 Å². The van der Waals surface area contributed by atoms with Crippen molar-refractivity contribution in [2.45, 2.75) is 13.1 Å². The van der Waals surface area contributed by atoms with Gasteiger partial charge in [-0.1, -0.05) is 0 Å². The van der Waals surface area contributed by atoms with E-state index in [0.717, 1.165) is 14.0 Å². The minimum absolute atomic E-state index is 0.285. The predicted molar refractivity (Wildman–Crippen MR) is 43.6 cm³/mol. The van der Waals surface area contributed by atoms with E-state index in [9.17, 15) is 18.0 Å². The fraction of sp³-hybridized carbons (Fsp3) is 0.375. The number of ether oxygens (including phenoxy) is 1. The van der Waals surface area contributed by atoms with E-state index in [0.29, 0.717) is 6.07 Å². The quantitative estimate of drug-likeness (QED) is 0.712. The van der Waals surface area contributed by atoms with E-state index in [-0.39, 0.29) is 5.88 Å². The van der Waals surface area contributed by atoms with Gasteiger partial charge in [0.05, 0.1) is 12.7 Å². The number of ketones is 1. The lowest BCUT2D eigenvalue weighted by Crippen LogP contribution is -2.15. The van der Waals surface area contributed by atoms with Gasteiger partial charge in [0.25, 0.3) is 0 Å². The van der Waals surface area contributed by atoms with E-state index in [4.69, 9.17) is 0 Å². The molecule has 0 aliphatic heterocycles. The average molecular weight is 220 g/mol. The molecule has 0 spiro atoms. The van der Waals surface area contributed by atoms with E-state index in [1.165, 1.54) is 0 Å². The lowest BCUT2D eigenvalue weighted by molar-refractivity contribution is -0.138. The number of aromatic nitrogens is 2. The zero-order chi connectivity index (χ0) is 11.6. The Hall–Kier alpha value is -1.66. The molecule has 7 heteroatoms. The number of carbonyl (C=O) groups excluding carboxylic acids is 1. The van der Waals surface area contributed by atoms with Crippen LogP contribution in [0.5, 0.6) is 5.88 Å². The van der Waals surface area contributed by atoms with Crippen molar-refractivity contribution in [2.24, 2.45) is 0 Å². The average Bonchev–Trinajstić information content (AvgIpc) is 2.15. The number of methoxy groups -OCH3 is 1. The van der Waals surface area contributed by atoms with Gasteiger partial charge in [0.1, 0.15) is 5.69 Å². The predicted octanol–water partition coefficient (Wildman–Crippen LogP) is 1.71. The van der Waals surface area contributed by atoms with Crippen molar-refractivity contribution in [2.75, 3.05) is 7.11 Å². The summed E-state index contributed by atoms with van der Waals surface area (Å²) in [5.74, 6) is -1.08. The molecule has 0 aromatic carbocycles. The molecule has 1 rings (SSSR count). The third-order valence-electron chi connectivity index (χ3n) is 1.62. The van der Waals surface area contributed by atoms with Crippen LogP contribution in [0, 0.1) is 0 Å². The van der Waals surface area contributed by atoms with Crippen LogP contribution in [0.4, 0.5) is 13.2 Å². The standard InChI is InChI=1S/C8H7F3N2O2/c1-4(14)7-5(8(9,10)11)3-6(15-2)12-13-7/h3H,1-2H3. The van der Waals surface area contributed by atoms with Crippen LogP contribution in [0.3, 0.4) is 0 Å². The number of Topliss-reactive ketones (excluding diaryl/α,β-unsaturated/α-hetero) is 1. The number of rotatable bonds is 2. The summed E-state index contributed by atoms with van der Waals surface area (Å²) in [6.45, 7) is 0.992. The highest BCUT2D eigenvalue weighted by molar-refractivity contribution is 5.93. The highest BCUT2D eigenvalue weighted by Crippen LogP contribution is 2.32. The fourth-order valence-corrected chi connectivity index (χ4v) is 0.950. The van der Waals surface area contributed by atoms with Crippen LogP contribution in [-0.2, 0) is 6.18 Å². The van der Waals surface area contributed by atoms with E-state index in [2.05, 4.69) is 14.9 Å². The first-order valence-corrected chi connectivity index (χ1v) is 3.86. The summed E-state index contributed by atoms with van der Waals surface area (Å²) in [6.07, 6.45) is -4.65. The normalized spacial score (nSPS) is 11.3. The van der Waals surface area contributed by atoms with E-state index in [1.54, 1.807) is 0 Å². The molecule has 0 saturated carbocycles. The molecule has 0 atom stereocenters. The first kappa shape index (κ1) is 11.4. The zero-order valence-corrected chi connectivity index (χ0v) is 7.92. The number of alkyl halides is 3. The lowest BCUT2D eigenvalue weighted by Gasteiger charge is -2.10. The van der Waals surface area contributed by atoms with Gasteiger partial charge in [-0.25, -0.2) is 0 Å². The molecule has 4 nitrogen and oxygen atoms in total. The summed E-state index contributed by atoms with van der Waals surface area (Å²) in [7, 11) is 1.16. The lowest BCUT2D eigenvalue weighted by atomic mass is 10.1. The van der Waals surface area contributed by atoms with Crippen molar-refractivity contribution < 1.29 is 22.7 Å². The first-order valence-electron chi connectivity index (χ1n) is 3.86. The highest BCUT2D eigenvalue weighted by atomic mass is 19.4. The second kappa shape index (κ2) is 3.84. The molecule has 1 aromatic rings. The Morgan fingerprint density at radius 2 is 2.00 bits per heavy atom. The van der Waals surface area contributed by atoms with Gasteiger partial charge in [0, 0.05) is 13.0 Å². The van der Waals surface area contributed by atoms with Crippen molar-refractivity contribution >= 4 is 5.78 Å². The van der Waals surface area contributed by atoms with Crippen LogP contribution < -0.4 is 4.74 Å². The Morgan fingerprint density at radius 3 is 2.40 bits per heavy atom. The van der Waals surface area contributed by atoms with Gasteiger partial charge in [0.2, 0.25) is 5.88 Å². The van der Waals surface area contributed by atoms with Crippen molar-refractivity contribution in [3.8, 4) is 5.88 Å². The number of halogens is 3. The molecule has 1 aromatic heterocycles. The van der Waals surface area contributed by atoms with Crippen molar-refractivity contribution in [3.05, 3.63) is 17.3 Å². The largest absolute Gasteiger partial charge is 0.480 e. The maximum absolute atomic E-state index is 12.4. The third kappa shape index (κ3) is 2.42. The van der Waals surface area contributed by atoms with Crippen molar-refractivity contribution in [1.29, 1.82) is 0 Å². The summed E-state index contributed by atoms with van der Waals surface area (Å²) >= 11 is 0. The van der Waals surface area contributed by atoms with Crippen LogP contribution in [0.2, 0.25) is 0 Å². The van der Waals surface area contributed by atoms with Gasteiger partial charge >= 0.3 is 6.18 Å². The number of nitrogens with zero attached hydrogens (tertiary/aromatic N) is 2. The fourth-order valence-electron chi connectivity index (χ4n) is 0.950. The van der Waals surface area contributed by atoms with E-state index in [1.807, 2.05) is 0 Å². The maximum atomic E-state index is 12.4. The molecule has 0 N–H and O–H groups in total. The van der Waals surface area contributed by atoms with Gasteiger partial charge in [0.15, 0.2) is 5.78 Å². The number of hydrogen-bond donors (Lipinski definition) is 0. The minimum atomic E-state index is -4.65.